The molecule has 8 aliphatic rings. The highest BCUT2D eigenvalue weighted by atomic mass is 14.3. The summed E-state index contributed by atoms with van der Waals surface area (Å²) < 4.78 is 0. The van der Waals surface area contributed by atoms with E-state index in [1.54, 1.807) is 0 Å². The number of hydrogen-bond acceptors (Lipinski definition) is 0. The Hall–Kier alpha value is -7.02. The van der Waals surface area contributed by atoms with Crippen LogP contribution in [0.15, 0.2) is 241 Å². The molecule has 6 atom stereocenters. The van der Waals surface area contributed by atoms with E-state index in [9.17, 15) is 0 Å². The highest BCUT2D eigenvalue weighted by Crippen LogP contribution is 2.38. The average Bonchev–Trinajstić information content (AvgIpc) is 3.67. The van der Waals surface area contributed by atoms with E-state index < -0.39 is 0 Å². The minimum absolute atomic E-state index is 0.582. The highest BCUT2D eigenvalue weighted by Gasteiger charge is 2.24. The van der Waals surface area contributed by atoms with Gasteiger partial charge in [-0.15, -0.1) is 0 Å². The topological polar surface area (TPSA) is 0 Å². The third-order valence-corrected chi connectivity index (χ3v) is 17.8. The molecule has 0 saturated carbocycles. The molecular formula is C84H102. The monoisotopic (exact) mass is 1110 g/mol. The lowest BCUT2D eigenvalue weighted by atomic mass is 9.76. The molecule has 0 aromatic heterocycles. The Kier molecular flexibility index (Phi) is 23.2. The van der Waals surface area contributed by atoms with Crippen LogP contribution in [0.25, 0.3) is 35.6 Å². The van der Waals surface area contributed by atoms with Gasteiger partial charge in [0.1, 0.15) is 0 Å². The van der Waals surface area contributed by atoms with Crippen molar-refractivity contribution >= 4 is 35.6 Å². The maximum absolute atomic E-state index is 4.01. The fourth-order valence-corrected chi connectivity index (χ4v) is 11.8. The third kappa shape index (κ3) is 18.5. The van der Waals surface area contributed by atoms with Crippen LogP contribution in [0.4, 0.5) is 0 Å². The van der Waals surface area contributed by atoms with Gasteiger partial charge in [0.15, 0.2) is 0 Å². The van der Waals surface area contributed by atoms with Gasteiger partial charge in [-0.25, -0.2) is 0 Å². The van der Waals surface area contributed by atoms with Crippen LogP contribution >= 0.6 is 0 Å². The Bertz CT molecular complexity index is 3500. The second-order valence-corrected chi connectivity index (χ2v) is 26.9. The van der Waals surface area contributed by atoms with Gasteiger partial charge < -0.3 is 0 Å². The summed E-state index contributed by atoms with van der Waals surface area (Å²) in [5.74, 6) is 8.02. The maximum atomic E-state index is 4.01. The van der Waals surface area contributed by atoms with Crippen LogP contribution in [0, 0.1) is 66.1 Å². The Morgan fingerprint density at radius 1 is 0.452 bits per heavy atom. The molecule has 0 fully saturated rings. The van der Waals surface area contributed by atoms with E-state index in [0.717, 1.165) is 53.7 Å². The van der Waals surface area contributed by atoms with Gasteiger partial charge in [-0.3, -0.25) is 0 Å². The summed E-state index contributed by atoms with van der Waals surface area (Å²) in [6.07, 6.45) is 48.8. The van der Waals surface area contributed by atoms with E-state index in [1.165, 1.54) is 101 Å². The Labute approximate surface area is 510 Å². The lowest BCUT2D eigenvalue weighted by Crippen LogP contribution is -2.18. The summed E-state index contributed by atoms with van der Waals surface area (Å²) >= 11 is 0. The molecule has 0 bridgehead atoms. The van der Waals surface area contributed by atoms with Crippen molar-refractivity contribution in [1.29, 1.82) is 0 Å². The summed E-state index contributed by atoms with van der Waals surface area (Å²) in [6.45, 7) is 49.2. The number of allylic oxidation sites excluding steroid dienone is 24. The van der Waals surface area contributed by atoms with Crippen LogP contribution in [-0.4, -0.2) is 0 Å². The molecule has 0 aliphatic heterocycles. The zero-order chi connectivity index (χ0) is 60.8. The first-order valence-electron chi connectivity index (χ1n) is 31.8. The summed E-state index contributed by atoms with van der Waals surface area (Å²) in [7, 11) is 0. The molecule has 0 radical (unpaired) electrons. The average molecular weight is 1110 g/mol. The molecule has 0 nitrogen and oxygen atoms in total. The zero-order valence-electron chi connectivity index (χ0n) is 53.9. The minimum atomic E-state index is 0.582. The van der Waals surface area contributed by atoms with Gasteiger partial charge in [-0.2, -0.15) is 0 Å². The van der Waals surface area contributed by atoms with Crippen molar-refractivity contribution in [3.05, 3.63) is 285 Å². The van der Waals surface area contributed by atoms with Crippen molar-refractivity contribution in [2.45, 2.75) is 134 Å². The van der Waals surface area contributed by atoms with Crippen LogP contribution in [0.5, 0.6) is 0 Å². The van der Waals surface area contributed by atoms with Crippen molar-refractivity contribution in [3.8, 4) is 0 Å². The standard InChI is InChI=1S/3C14H18.3C14H16/c6*1-10(2)12-6-7-13-8-11(3)4-5-14(13)9-12/h4-5,7,9-10,12H,3,6,8H2,1-2H3;4-7,9-10,12-13H,3,8H2,1-2H3;4-8,10,12,14H,3,9H2,1-2H3;4-10H,1-3H3;4-7,9-10H,3,8H2,1-2H3;4-10,12H,3H2,1-2H3. The molecule has 0 amide bonds. The smallest absolute Gasteiger partial charge is 0.00554 e. The van der Waals surface area contributed by atoms with Crippen LogP contribution < -0.4 is 10.4 Å². The van der Waals surface area contributed by atoms with Crippen LogP contribution in [0.3, 0.4) is 0 Å². The summed E-state index contributed by atoms with van der Waals surface area (Å²) in [6, 6.07) is 26.5. The Morgan fingerprint density at radius 3 is 1.82 bits per heavy atom. The predicted octanol–water partition coefficient (Wildman–Crippen LogP) is 22.2. The fourth-order valence-electron chi connectivity index (χ4n) is 11.8. The molecule has 8 aliphatic carbocycles. The molecular weight excluding hydrogens is 1010 g/mol. The first kappa shape index (κ1) is 64.5. The molecule has 0 heterocycles. The molecule has 438 valence electrons. The van der Waals surface area contributed by atoms with E-state index in [2.05, 4.69) is 311 Å². The van der Waals surface area contributed by atoms with Crippen LogP contribution in [-0.2, 0) is 6.42 Å². The van der Waals surface area contributed by atoms with Gasteiger partial charge in [-0.1, -0.05) is 320 Å². The zero-order valence-corrected chi connectivity index (χ0v) is 53.9. The second kappa shape index (κ2) is 30.2. The van der Waals surface area contributed by atoms with Gasteiger partial charge >= 0.3 is 0 Å². The maximum Gasteiger partial charge on any atom is 0.00554 e. The van der Waals surface area contributed by atoms with Gasteiger partial charge in [0.2, 0.25) is 0 Å². The molecule has 84 heavy (non-hydrogen) atoms. The van der Waals surface area contributed by atoms with E-state index in [-0.39, 0.29) is 0 Å². The molecule has 6 unspecified atom stereocenters. The van der Waals surface area contributed by atoms with E-state index >= 15 is 0 Å². The molecule has 0 N–H and O–H groups in total. The normalized spacial score (nSPS) is 22.0. The highest BCUT2D eigenvalue weighted by molar-refractivity contribution is 5.84. The van der Waals surface area contributed by atoms with Crippen LogP contribution in [0.2, 0.25) is 0 Å². The lowest BCUT2D eigenvalue weighted by Gasteiger charge is -2.29. The summed E-state index contributed by atoms with van der Waals surface area (Å²) in [4.78, 5) is 0. The fraction of sp³-hybridized carbons (Fsp3) is 0.357. The van der Waals surface area contributed by atoms with Crippen LogP contribution in [0.1, 0.15) is 154 Å². The largest absolute Gasteiger partial charge is 0.0958 e. The molecule has 4 aromatic rings. The SMILES string of the molecule is C=C1C=CC2=CC(C(C)C)C=CC2C1.C=C1C=CC2=CC(C(C)C)CC=C2C1.C=C1C=CC2CC(C(C)C)C=CC2=C1.C=C1C=Cc2cc(C(C)C)ccc2C1.C=c1ccc2c(c1)C=CC(C(C)C)C=2.Cc1ccc2cc(C(C)C)ccc2c1. The first-order chi connectivity index (χ1) is 40.0. The van der Waals surface area contributed by atoms with Crippen molar-refractivity contribution < 1.29 is 0 Å². The number of hydrogen-bond donors (Lipinski definition) is 0. The molecule has 0 heteroatoms. The van der Waals surface area contributed by atoms with E-state index in [1.807, 2.05) is 0 Å². The molecule has 0 saturated heterocycles. The lowest BCUT2D eigenvalue weighted by molar-refractivity contribution is 0.396. The van der Waals surface area contributed by atoms with E-state index in [4.69, 9.17) is 0 Å². The van der Waals surface area contributed by atoms with Crippen molar-refractivity contribution in [2.75, 3.05) is 0 Å². The van der Waals surface area contributed by atoms with Gasteiger partial charge in [-0.05, 0) is 181 Å². The van der Waals surface area contributed by atoms with Crippen molar-refractivity contribution in [2.24, 2.45) is 59.2 Å². The molecule has 12 rings (SSSR count). The molecule has 4 aromatic carbocycles. The quantitative estimate of drug-likeness (QED) is 0.169. The van der Waals surface area contributed by atoms with Crippen molar-refractivity contribution in [3.63, 3.8) is 0 Å². The Balaban J connectivity index is 0.000000145. The summed E-state index contributed by atoms with van der Waals surface area (Å²) in [5.41, 5.74) is 18.9. The summed E-state index contributed by atoms with van der Waals surface area (Å²) in [5, 5.41) is 5.12. The first-order valence-corrected chi connectivity index (χ1v) is 31.8. The Morgan fingerprint density at radius 2 is 1.11 bits per heavy atom. The van der Waals surface area contributed by atoms with Crippen molar-refractivity contribution in [1.82, 2.24) is 0 Å². The predicted molar refractivity (Wildman–Crippen MR) is 374 cm³/mol. The second-order valence-electron chi connectivity index (χ2n) is 26.9. The number of aryl methyl sites for hydroxylation is 1. The van der Waals surface area contributed by atoms with Gasteiger partial charge in [0, 0.05) is 11.8 Å². The van der Waals surface area contributed by atoms with E-state index in [0.29, 0.717) is 47.3 Å². The minimum Gasteiger partial charge on any atom is -0.0958 e. The number of fused-ring (bicyclic) bond motifs is 6. The third-order valence-electron chi connectivity index (χ3n) is 17.8. The number of rotatable bonds is 6. The van der Waals surface area contributed by atoms with Gasteiger partial charge in [0.05, 0.1) is 0 Å². The number of benzene rings is 4. The molecule has 0 spiro atoms. The van der Waals surface area contributed by atoms with Gasteiger partial charge in [0.25, 0.3) is 0 Å².